The standard InChI is InChI=1S/C17H15ClO3/c1-20-16-7-8-17(14(11-16)5-3-9-19)21-12-13-4-2-6-15(18)10-13/h2-11H,12H2,1H3/b5-3+. The van der Waals surface area contributed by atoms with Crippen molar-refractivity contribution in [3.8, 4) is 11.5 Å². The maximum Gasteiger partial charge on any atom is 0.142 e. The molecule has 108 valence electrons. The zero-order chi connectivity index (χ0) is 15.1. The molecule has 0 aliphatic rings. The molecule has 0 aliphatic carbocycles. The Morgan fingerprint density at radius 1 is 1.19 bits per heavy atom. The van der Waals surface area contributed by atoms with Gasteiger partial charge in [-0.25, -0.2) is 0 Å². The molecule has 2 aromatic rings. The third-order valence-electron chi connectivity index (χ3n) is 2.85. The summed E-state index contributed by atoms with van der Waals surface area (Å²) in [5, 5.41) is 0.673. The Bertz CT molecular complexity index is 650. The van der Waals surface area contributed by atoms with Crippen LogP contribution in [0.4, 0.5) is 0 Å². The molecule has 4 heteroatoms. The fraction of sp³-hybridized carbons (Fsp3) is 0.118. The molecule has 0 radical (unpaired) electrons. The Labute approximate surface area is 128 Å². The number of hydrogen-bond donors (Lipinski definition) is 0. The predicted molar refractivity (Wildman–Crippen MR) is 83.9 cm³/mol. The number of benzene rings is 2. The van der Waals surface area contributed by atoms with Crippen molar-refractivity contribution in [3.05, 3.63) is 64.7 Å². The SMILES string of the molecule is COc1ccc(OCc2cccc(Cl)c2)c(/C=C/C=O)c1. The number of hydrogen-bond acceptors (Lipinski definition) is 3. The number of ether oxygens (including phenoxy) is 2. The lowest BCUT2D eigenvalue weighted by Crippen LogP contribution is -1.97. The van der Waals surface area contributed by atoms with Crippen molar-refractivity contribution in [1.29, 1.82) is 0 Å². The van der Waals surface area contributed by atoms with Gasteiger partial charge in [0.25, 0.3) is 0 Å². The zero-order valence-electron chi connectivity index (χ0n) is 11.6. The van der Waals surface area contributed by atoms with Gasteiger partial charge in [-0.05, 0) is 48.0 Å². The summed E-state index contributed by atoms with van der Waals surface area (Å²) in [7, 11) is 1.59. The molecule has 0 N–H and O–H groups in total. The van der Waals surface area contributed by atoms with E-state index in [2.05, 4.69) is 0 Å². The van der Waals surface area contributed by atoms with Crippen molar-refractivity contribution in [2.45, 2.75) is 6.61 Å². The highest BCUT2D eigenvalue weighted by Crippen LogP contribution is 2.26. The fourth-order valence-corrected chi connectivity index (χ4v) is 2.06. The van der Waals surface area contributed by atoms with Crippen molar-refractivity contribution in [2.75, 3.05) is 7.11 Å². The molecule has 0 amide bonds. The summed E-state index contributed by atoms with van der Waals surface area (Å²) in [4.78, 5) is 10.5. The van der Waals surface area contributed by atoms with Gasteiger partial charge in [-0.2, -0.15) is 0 Å². The van der Waals surface area contributed by atoms with Crippen LogP contribution >= 0.6 is 11.6 Å². The minimum atomic E-state index is 0.398. The summed E-state index contributed by atoms with van der Waals surface area (Å²) in [6.07, 6.45) is 3.82. The van der Waals surface area contributed by atoms with E-state index < -0.39 is 0 Å². The van der Waals surface area contributed by atoms with Crippen LogP contribution in [0, 0.1) is 0 Å². The van der Waals surface area contributed by atoms with Crippen LogP contribution < -0.4 is 9.47 Å². The summed E-state index contributed by atoms with van der Waals surface area (Å²) in [6, 6.07) is 12.9. The Hall–Kier alpha value is -2.26. The lowest BCUT2D eigenvalue weighted by molar-refractivity contribution is -0.104. The first-order valence-electron chi connectivity index (χ1n) is 6.40. The smallest absolute Gasteiger partial charge is 0.142 e. The summed E-state index contributed by atoms with van der Waals surface area (Å²) >= 11 is 5.94. The number of rotatable bonds is 6. The minimum absolute atomic E-state index is 0.398. The van der Waals surface area contributed by atoms with Crippen LogP contribution in [-0.4, -0.2) is 13.4 Å². The highest BCUT2D eigenvalue weighted by atomic mass is 35.5. The van der Waals surface area contributed by atoms with Gasteiger partial charge in [0.2, 0.25) is 0 Å². The second kappa shape index (κ2) is 7.50. The lowest BCUT2D eigenvalue weighted by Gasteiger charge is -2.11. The Balaban J connectivity index is 2.18. The second-order valence-electron chi connectivity index (χ2n) is 4.32. The van der Waals surface area contributed by atoms with Crippen molar-refractivity contribution < 1.29 is 14.3 Å². The molecule has 0 saturated carbocycles. The minimum Gasteiger partial charge on any atom is -0.497 e. The van der Waals surface area contributed by atoms with E-state index in [0.29, 0.717) is 23.1 Å². The van der Waals surface area contributed by atoms with Crippen LogP contribution in [0.25, 0.3) is 6.08 Å². The van der Waals surface area contributed by atoms with Crippen LogP contribution in [0.3, 0.4) is 0 Å². The monoisotopic (exact) mass is 302 g/mol. The first-order chi connectivity index (χ1) is 10.2. The second-order valence-corrected chi connectivity index (χ2v) is 4.75. The molecular weight excluding hydrogens is 288 g/mol. The lowest BCUT2D eigenvalue weighted by atomic mass is 10.1. The number of carbonyl (C=O) groups excluding carboxylic acids is 1. The molecule has 0 saturated heterocycles. The molecule has 0 spiro atoms. The molecule has 3 nitrogen and oxygen atoms in total. The third-order valence-corrected chi connectivity index (χ3v) is 3.09. The van der Waals surface area contributed by atoms with Gasteiger partial charge in [0.15, 0.2) is 0 Å². The van der Waals surface area contributed by atoms with Crippen molar-refractivity contribution >= 4 is 24.0 Å². The number of carbonyl (C=O) groups is 1. The summed E-state index contributed by atoms with van der Waals surface area (Å²) in [6.45, 7) is 0.398. The van der Waals surface area contributed by atoms with Gasteiger partial charge in [0.1, 0.15) is 24.4 Å². The van der Waals surface area contributed by atoms with E-state index in [-0.39, 0.29) is 0 Å². The molecule has 0 fully saturated rings. The van der Waals surface area contributed by atoms with Gasteiger partial charge in [0.05, 0.1) is 7.11 Å². The van der Waals surface area contributed by atoms with Crippen LogP contribution in [-0.2, 0) is 11.4 Å². The summed E-state index contributed by atoms with van der Waals surface area (Å²) in [5.74, 6) is 1.38. The van der Waals surface area contributed by atoms with E-state index >= 15 is 0 Å². The van der Waals surface area contributed by atoms with Crippen LogP contribution in [0.2, 0.25) is 5.02 Å². The normalized spacial score (nSPS) is 10.6. The molecular formula is C17H15ClO3. The zero-order valence-corrected chi connectivity index (χ0v) is 12.3. The molecule has 0 heterocycles. The Morgan fingerprint density at radius 3 is 2.76 bits per heavy atom. The summed E-state index contributed by atoms with van der Waals surface area (Å²) < 4.78 is 11.0. The van der Waals surface area contributed by atoms with E-state index in [4.69, 9.17) is 21.1 Å². The Morgan fingerprint density at radius 2 is 2.05 bits per heavy atom. The topological polar surface area (TPSA) is 35.5 Å². The number of methoxy groups -OCH3 is 1. The van der Waals surface area contributed by atoms with E-state index in [0.717, 1.165) is 17.4 Å². The van der Waals surface area contributed by atoms with Gasteiger partial charge < -0.3 is 9.47 Å². The molecule has 0 atom stereocenters. The maximum absolute atomic E-state index is 10.5. The molecule has 21 heavy (non-hydrogen) atoms. The molecule has 0 aliphatic heterocycles. The molecule has 2 rings (SSSR count). The first kappa shape index (κ1) is 15.1. The molecule has 0 unspecified atom stereocenters. The van der Waals surface area contributed by atoms with Gasteiger partial charge in [0, 0.05) is 10.6 Å². The number of allylic oxidation sites excluding steroid dienone is 1. The van der Waals surface area contributed by atoms with Crippen LogP contribution in [0.15, 0.2) is 48.5 Å². The fourth-order valence-electron chi connectivity index (χ4n) is 1.85. The van der Waals surface area contributed by atoms with E-state index in [9.17, 15) is 4.79 Å². The average Bonchev–Trinajstić information content (AvgIpc) is 2.51. The van der Waals surface area contributed by atoms with Gasteiger partial charge >= 0.3 is 0 Å². The molecule has 0 bridgehead atoms. The van der Waals surface area contributed by atoms with E-state index in [1.54, 1.807) is 13.2 Å². The maximum atomic E-state index is 10.5. The van der Waals surface area contributed by atoms with Crippen molar-refractivity contribution in [2.24, 2.45) is 0 Å². The first-order valence-corrected chi connectivity index (χ1v) is 6.78. The Kier molecular flexibility index (Phi) is 5.41. The number of aldehydes is 1. The van der Waals surface area contributed by atoms with Gasteiger partial charge in [-0.15, -0.1) is 0 Å². The largest absolute Gasteiger partial charge is 0.497 e. The van der Waals surface area contributed by atoms with Gasteiger partial charge in [-0.1, -0.05) is 23.7 Å². The average molecular weight is 303 g/mol. The van der Waals surface area contributed by atoms with Crippen molar-refractivity contribution in [3.63, 3.8) is 0 Å². The summed E-state index contributed by atoms with van der Waals surface area (Å²) in [5.41, 5.74) is 1.76. The van der Waals surface area contributed by atoms with Crippen LogP contribution in [0.1, 0.15) is 11.1 Å². The van der Waals surface area contributed by atoms with Crippen LogP contribution in [0.5, 0.6) is 11.5 Å². The molecule has 0 aromatic heterocycles. The molecule has 2 aromatic carbocycles. The van der Waals surface area contributed by atoms with Crippen molar-refractivity contribution in [1.82, 2.24) is 0 Å². The number of halogens is 1. The van der Waals surface area contributed by atoms with E-state index in [1.165, 1.54) is 6.08 Å². The third kappa shape index (κ3) is 4.36. The predicted octanol–water partition coefficient (Wildman–Crippen LogP) is 4.14. The highest BCUT2D eigenvalue weighted by Gasteiger charge is 2.04. The van der Waals surface area contributed by atoms with E-state index in [1.807, 2.05) is 42.5 Å². The highest BCUT2D eigenvalue weighted by molar-refractivity contribution is 6.30. The van der Waals surface area contributed by atoms with Gasteiger partial charge in [-0.3, -0.25) is 4.79 Å². The quantitative estimate of drug-likeness (QED) is 0.594.